The van der Waals surface area contributed by atoms with E-state index in [1.165, 1.54) is 37.7 Å². The molecule has 0 saturated heterocycles. The lowest BCUT2D eigenvalue weighted by Crippen LogP contribution is -2.55. The highest BCUT2D eigenvalue weighted by molar-refractivity contribution is 6.00. The fraction of sp³-hybridized carbons (Fsp3) is 0.894. The number of aliphatic hydroxyl groups is 1. The standard InChI is InChI=1S/C47H80N2O6/c1-31(2)40-35(50)28-47(37(51)30-49(27-26-48(10)11)33-16-13-12-14-17-33)25-24-46(9)32(3)19-20-36-44(6,7)38(55-39(52)29-43(4,5)42(53)54)21-23-45(36,8)22-15-18-34(46)41(40)47/h31-34,36-38,51H,12-30H2,1-11H3,(H,53,54). The first-order chi connectivity index (χ1) is 25.6. The molecule has 2 N–H and O–H groups in total. The molecule has 0 aromatic rings. The van der Waals surface area contributed by atoms with Crippen LogP contribution in [0.4, 0.5) is 0 Å². The van der Waals surface area contributed by atoms with Gasteiger partial charge in [-0.3, -0.25) is 19.3 Å². The third kappa shape index (κ3) is 8.82. The van der Waals surface area contributed by atoms with Gasteiger partial charge < -0.3 is 19.8 Å². The molecule has 5 aliphatic rings. The van der Waals surface area contributed by atoms with E-state index in [0.717, 1.165) is 76.5 Å². The van der Waals surface area contributed by atoms with Gasteiger partial charge in [0.15, 0.2) is 5.78 Å². The number of carbonyl (C=O) groups is 3. The number of nitrogens with zero attached hydrogens (tertiary/aromatic N) is 2. The van der Waals surface area contributed by atoms with Crippen LogP contribution in [0.5, 0.6) is 0 Å². The lowest BCUT2D eigenvalue weighted by Gasteiger charge is -2.58. The van der Waals surface area contributed by atoms with Gasteiger partial charge in [0.25, 0.3) is 0 Å². The summed E-state index contributed by atoms with van der Waals surface area (Å²) >= 11 is 0. The number of rotatable bonds is 12. The predicted octanol–water partition coefficient (Wildman–Crippen LogP) is 9.33. The molecule has 5 aliphatic carbocycles. The summed E-state index contributed by atoms with van der Waals surface area (Å²) in [6.07, 6.45) is 14.7. The Labute approximate surface area is 335 Å². The Morgan fingerprint density at radius 2 is 1.56 bits per heavy atom. The number of likely N-dealkylation sites (N-methyl/N-ethyl adjacent to an activating group) is 1. The number of carboxylic acids is 1. The number of aliphatic carboxylic acids is 1. The van der Waals surface area contributed by atoms with Crippen molar-refractivity contribution in [2.45, 2.75) is 183 Å². The van der Waals surface area contributed by atoms with E-state index in [2.05, 4.69) is 72.4 Å². The quantitative estimate of drug-likeness (QED) is 0.189. The molecule has 0 amide bonds. The number of carbonyl (C=O) groups excluding carboxylic acids is 2. The van der Waals surface area contributed by atoms with Crippen LogP contribution in [-0.2, 0) is 19.1 Å². The van der Waals surface area contributed by atoms with Crippen molar-refractivity contribution in [1.29, 1.82) is 0 Å². The molecule has 55 heavy (non-hydrogen) atoms. The normalized spacial score (nSPS) is 35.4. The maximum Gasteiger partial charge on any atom is 0.309 e. The van der Waals surface area contributed by atoms with Gasteiger partial charge >= 0.3 is 11.9 Å². The molecule has 4 saturated carbocycles. The first kappa shape index (κ1) is 44.3. The number of esters is 1. The number of carboxylic acid groups (broad SMARTS) is 1. The SMILES string of the molecule is CC(C)C1=C2C3CCCC4(C)CCC(OC(=O)CC(C)(C)C(=O)O)C(C)(C)C4CCC(C)C3(C)CCC2(C(O)CN(CCN(C)C)C2CCCCC2)CC1=O. The van der Waals surface area contributed by atoms with Crippen molar-refractivity contribution in [3.8, 4) is 0 Å². The molecule has 0 aromatic heterocycles. The zero-order valence-electron chi connectivity index (χ0n) is 36.9. The van der Waals surface area contributed by atoms with Crippen LogP contribution in [0.25, 0.3) is 0 Å². The molecular weight excluding hydrogens is 689 g/mol. The minimum atomic E-state index is -1.16. The number of Topliss-reactive ketones (excluding diaryl/α,β-unsaturated/α-hetero) is 1. The molecule has 4 fully saturated rings. The number of allylic oxidation sites excluding steroid dienone is 1. The molecule has 0 aliphatic heterocycles. The molecular formula is C47H80N2O6. The first-order valence-corrected chi connectivity index (χ1v) is 22.4. The second kappa shape index (κ2) is 16.8. The van der Waals surface area contributed by atoms with Gasteiger partial charge in [-0.05, 0) is 132 Å². The number of ether oxygens (including phenoxy) is 1. The van der Waals surface area contributed by atoms with E-state index in [-0.39, 0.29) is 46.4 Å². The van der Waals surface area contributed by atoms with Gasteiger partial charge in [0.1, 0.15) is 6.10 Å². The fourth-order valence-electron chi connectivity index (χ4n) is 12.9. The van der Waals surface area contributed by atoms with Gasteiger partial charge in [-0.25, -0.2) is 0 Å². The van der Waals surface area contributed by atoms with Crippen LogP contribution < -0.4 is 0 Å². The van der Waals surface area contributed by atoms with Crippen LogP contribution in [0, 0.1) is 50.7 Å². The van der Waals surface area contributed by atoms with Crippen LogP contribution >= 0.6 is 0 Å². The summed E-state index contributed by atoms with van der Waals surface area (Å²) in [5, 5.41) is 22.4. The highest BCUT2D eigenvalue weighted by Gasteiger charge is 2.61. The van der Waals surface area contributed by atoms with E-state index in [0.29, 0.717) is 30.8 Å². The van der Waals surface area contributed by atoms with Gasteiger partial charge in [-0.2, -0.15) is 0 Å². The van der Waals surface area contributed by atoms with Gasteiger partial charge in [0, 0.05) is 42.9 Å². The Morgan fingerprint density at radius 3 is 2.18 bits per heavy atom. The van der Waals surface area contributed by atoms with E-state index in [9.17, 15) is 24.6 Å². The summed E-state index contributed by atoms with van der Waals surface area (Å²) in [6, 6.07) is 0.504. The monoisotopic (exact) mass is 769 g/mol. The lowest BCUT2D eigenvalue weighted by atomic mass is 9.47. The van der Waals surface area contributed by atoms with E-state index >= 15 is 0 Å². The molecule has 314 valence electrons. The third-order valence-corrected chi connectivity index (χ3v) is 16.6. The molecule has 8 unspecified atom stereocenters. The first-order valence-electron chi connectivity index (χ1n) is 22.4. The molecule has 5 rings (SSSR count). The zero-order valence-corrected chi connectivity index (χ0v) is 36.9. The number of ketones is 1. The van der Waals surface area contributed by atoms with Gasteiger partial charge in [0.2, 0.25) is 0 Å². The van der Waals surface area contributed by atoms with Crippen molar-refractivity contribution < 1.29 is 29.3 Å². The molecule has 8 heteroatoms. The molecule has 0 bridgehead atoms. The summed E-state index contributed by atoms with van der Waals surface area (Å²) in [4.78, 5) is 44.1. The number of hydrogen-bond donors (Lipinski definition) is 2. The van der Waals surface area contributed by atoms with Crippen molar-refractivity contribution in [1.82, 2.24) is 9.80 Å². The van der Waals surface area contributed by atoms with E-state index in [4.69, 9.17) is 4.74 Å². The number of hydrogen-bond acceptors (Lipinski definition) is 7. The van der Waals surface area contributed by atoms with Crippen LogP contribution in [-0.4, -0.2) is 89.7 Å². The number of aliphatic hydroxyl groups excluding tert-OH is 1. The Morgan fingerprint density at radius 1 is 0.891 bits per heavy atom. The minimum absolute atomic E-state index is 0.0120. The smallest absolute Gasteiger partial charge is 0.309 e. The van der Waals surface area contributed by atoms with Crippen LogP contribution in [0.1, 0.15) is 165 Å². The van der Waals surface area contributed by atoms with Crippen LogP contribution in [0.15, 0.2) is 11.1 Å². The topological polar surface area (TPSA) is 107 Å². The minimum Gasteiger partial charge on any atom is -0.481 e. The van der Waals surface area contributed by atoms with Crippen molar-refractivity contribution >= 4 is 17.7 Å². The molecule has 0 spiro atoms. The molecule has 0 aromatic carbocycles. The Bertz CT molecular complexity index is 1430. The molecule has 8 nitrogen and oxygen atoms in total. The Balaban J connectivity index is 1.43. The van der Waals surface area contributed by atoms with Crippen LogP contribution in [0.3, 0.4) is 0 Å². The molecule has 8 atom stereocenters. The maximum atomic E-state index is 14.3. The third-order valence-electron chi connectivity index (χ3n) is 16.6. The highest BCUT2D eigenvalue weighted by Crippen LogP contribution is 2.66. The largest absolute Gasteiger partial charge is 0.481 e. The lowest BCUT2D eigenvalue weighted by molar-refractivity contribution is -0.176. The van der Waals surface area contributed by atoms with E-state index in [1.54, 1.807) is 13.8 Å². The van der Waals surface area contributed by atoms with Gasteiger partial charge in [-0.1, -0.05) is 79.7 Å². The summed E-state index contributed by atoms with van der Waals surface area (Å²) in [7, 11) is 4.27. The molecule has 0 radical (unpaired) electrons. The highest BCUT2D eigenvalue weighted by atomic mass is 16.5. The average Bonchev–Trinajstić information content (AvgIpc) is 3.41. The predicted molar refractivity (Wildman–Crippen MR) is 221 cm³/mol. The second-order valence-corrected chi connectivity index (χ2v) is 21.7. The van der Waals surface area contributed by atoms with Crippen molar-refractivity contribution in [3.63, 3.8) is 0 Å². The van der Waals surface area contributed by atoms with Crippen molar-refractivity contribution in [2.24, 2.45) is 50.7 Å². The Kier molecular flexibility index (Phi) is 13.6. The fourth-order valence-corrected chi connectivity index (χ4v) is 12.9. The second-order valence-electron chi connectivity index (χ2n) is 21.7. The summed E-state index contributed by atoms with van der Waals surface area (Å²) in [6.45, 7) is 22.1. The maximum absolute atomic E-state index is 14.3. The van der Waals surface area contributed by atoms with E-state index in [1.807, 2.05) is 0 Å². The zero-order chi connectivity index (χ0) is 40.7. The van der Waals surface area contributed by atoms with Crippen molar-refractivity contribution in [3.05, 3.63) is 11.1 Å². The summed E-state index contributed by atoms with van der Waals surface area (Å²) < 4.78 is 6.20. The summed E-state index contributed by atoms with van der Waals surface area (Å²) in [5.74, 6) is 0.0620. The van der Waals surface area contributed by atoms with E-state index < -0.39 is 28.9 Å². The summed E-state index contributed by atoms with van der Waals surface area (Å²) in [5.41, 5.74) is 0.586. The number of fused-ring (bicyclic) bond motifs is 4. The average molecular weight is 769 g/mol. The molecule has 0 heterocycles. The van der Waals surface area contributed by atoms with Gasteiger partial charge in [-0.15, -0.1) is 0 Å². The van der Waals surface area contributed by atoms with Crippen molar-refractivity contribution in [2.75, 3.05) is 33.7 Å². The van der Waals surface area contributed by atoms with Crippen LogP contribution in [0.2, 0.25) is 0 Å². The Hall–Kier alpha value is -1.77. The van der Waals surface area contributed by atoms with Gasteiger partial charge in [0.05, 0.1) is 17.9 Å².